The molecule has 0 aliphatic heterocycles. The van der Waals surface area contributed by atoms with Gasteiger partial charge in [0.2, 0.25) is 0 Å². The van der Waals surface area contributed by atoms with E-state index in [4.69, 9.17) is 11.6 Å². The zero-order valence-corrected chi connectivity index (χ0v) is 9.23. The maximum atomic E-state index is 10.3. The lowest BCUT2D eigenvalue weighted by Crippen LogP contribution is -2.19. The Morgan fingerprint density at radius 2 is 2.00 bits per heavy atom. The van der Waals surface area contributed by atoms with Crippen molar-refractivity contribution in [2.75, 3.05) is 6.54 Å². The summed E-state index contributed by atoms with van der Waals surface area (Å²) in [6, 6.07) is 7.95. The number of carbonyl (C=O) groups excluding carboxylic acids is 1. The molecule has 70 valence electrons. The van der Waals surface area contributed by atoms with E-state index >= 15 is 0 Å². The smallest absolute Gasteiger partial charge is 0.313 e. The fourth-order valence-electron chi connectivity index (χ4n) is 0.956. The highest BCUT2D eigenvalue weighted by atomic mass is 79.9. The largest absolute Gasteiger partial charge is 0.342 e. The van der Waals surface area contributed by atoms with E-state index in [0.717, 1.165) is 10.9 Å². The van der Waals surface area contributed by atoms with Crippen LogP contribution in [0.5, 0.6) is 0 Å². The van der Waals surface area contributed by atoms with Crippen LogP contribution in [0.1, 0.15) is 5.56 Å². The summed E-state index contributed by atoms with van der Waals surface area (Å²) in [6.45, 7) is 0.573. The first-order valence-electron chi connectivity index (χ1n) is 3.86. The van der Waals surface area contributed by atoms with Gasteiger partial charge in [-0.25, -0.2) is 0 Å². The number of nitrogens with one attached hydrogen (secondary N) is 1. The molecule has 4 heteroatoms. The highest BCUT2D eigenvalue weighted by Crippen LogP contribution is 2.10. The summed E-state index contributed by atoms with van der Waals surface area (Å²) in [5.74, 6) is 0. The standard InChI is InChI=1S/C9H9BrClNO/c10-8-3-1-7(2-4-8)5-6-12-9(11)13/h1-4H,5-6H2,(H,12,13). The lowest BCUT2D eigenvalue weighted by atomic mass is 10.1. The molecule has 0 bridgehead atoms. The van der Waals surface area contributed by atoms with Crippen molar-refractivity contribution in [1.29, 1.82) is 0 Å². The summed E-state index contributed by atoms with van der Waals surface area (Å²) in [7, 11) is 0. The number of rotatable bonds is 3. The van der Waals surface area contributed by atoms with Gasteiger partial charge < -0.3 is 5.32 Å². The molecule has 0 aliphatic carbocycles. The van der Waals surface area contributed by atoms with Crippen molar-refractivity contribution in [3.05, 3.63) is 34.3 Å². The van der Waals surface area contributed by atoms with Gasteiger partial charge in [0.05, 0.1) is 0 Å². The first-order valence-corrected chi connectivity index (χ1v) is 5.03. The predicted octanol–water partition coefficient (Wildman–Crippen LogP) is 2.94. The van der Waals surface area contributed by atoms with Crippen LogP contribution < -0.4 is 5.32 Å². The molecule has 0 radical (unpaired) electrons. The first kappa shape index (κ1) is 10.5. The van der Waals surface area contributed by atoms with Crippen LogP contribution in [0.3, 0.4) is 0 Å². The summed E-state index contributed by atoms with van der Waals surface area (Å²) >= 11 is 8.46. The predicted molar refractivity (Wildman–Crippen MR) is 57.1 cm³/mol. The van der Waals surface area contributed by atoms with Crippen LogP contribution in [0.15, 0.2) is 28.7 Å². The zero-order valence-electron chi connectivity index (χ0n) is 6.89. The third kappa shape index (κ3) is 4.29. The van der Waals surface area contributed by atoms with Crippen LogP contribution in [0.25, 0.3) is 0 Å². The van der Waals surface area contributed by atoms with Gasteiger partial charge in [0.15, 0.2) is 0 Å². The Morgan fingerprint density at radius 3 is 2.54 bits per heavy atom. The van der Waals surface area contributed by atoms with Gasteiger partial charge in [-0.05, 0) is 35.7 Å². The molecule has 0 spiro atoms. The molecule has 2 nitrogen and oxygen atoms in total. The first-order chi connectivity index (χ1) is 6.18. The van der Waals surface area contributed by atoms with Crippen molar-refractivity contribution >= 4 is 32.9 Å². The monoisotopic (exact) mass is 261 g/mol. The average molecular weight is 263 g/mol. The highest BCUT2D eigenvalue weighted by Gasteiger charge is 1.95. The SMILES string of the molecule is O=C(Cl)NCCc1ccc(Br)cc1. The van der Waals surface area contributed by atoms with Gasteiger partial charge in [-0.1, -0.05) is 28.1 Å². The summed E-state index contributed by atoms with van der Waals surface area (Å²) in [5, 5.41) is 2.02. The number of halogens is 2. The Balaban J connectivity index is 2.37. The van der Waals surface area contributed by atoms with Crippen molar-refractivity contribution < 1.29 is 4.79 Å². The van der Waals surface area contributed by atoms with Crippen molar-refractivity contribution in [2.45, 2.75) is 6.42 Å². The molecular formula is C9H9BrClNO. The molecule has 0 unspecified atom stereocenters. The Morgan fingerprint density at radius 1 is 1.38 bits per heavy atom. The Kier molecular flexibility index (Phi) is 4.25. The van der Waals surface area contributed by atoms with Crippen LogP contribution >= 0.6 is 27.5 Å². The molecule has 0 saturated heterocycles. The number of benzene rings is 1. The van der Waals surface area contributed by atoms with Crippen LogP contribution in [0.2, 0.25) is 0 Å². The van der Waals surface area contributed by atoms with E-state index in [9.17, 15) is 4.79 Å². The van der Waals surface area contributed by atoms with Crippen molar-refractivity contribution in [2.24, 2.45) is 0 Å². The molecule has 0 aromatic heterocycles. The van der Waals surface area contributed by atoms with E-state index in [1.165, 1.54) is 5.56 Å². The summed E-state index contributed by atoms with van der Waals surface area (Å²) in [6.07, 6.45) is 0.797. The Labute approximate surface area is 90.4 Å². The maximum absolute atomic E-state index is 10.3. The molecule has 1 aromatic carbocycles. The van der Waals surface area contributed by atoms with Gasteiger partial charge in [0.25, 0.3) is 0 Å². The molecule has 0 aliphatic rings. The van der Waals surface area contributed by atoms with E-state index in [2.05, 4.69) is 21.2 Å². The second kappa shape index (κ2) is 5.25. The lowest BCUT2D eigenvalue weighted by Gasteiger charge is -2.01. The van der Waals surface area contributed by atoms with Crippen molar-refractivity contribution in [1.82, 2.24) is 5.32 Å². The third-order valence-electron chi connectivity index (χ3n) is 1.59. The minimum atomic E-state index is -0.503. The van der Waals surface area contributed by atoms with Gasteiger partial charge in [-0.15, -0.1) is 0 Å². The zero-order chi connectivity index (χ0) is 9.68. The van der Waals surface area contributed by atoms with Crippen LogP contribution in [-0.2, 0) is 6.42 Å². The van der Waals surface area contributed by atoms with E-state index in [-0.39, 0.29) is 0 Å². The molecular weight excluding hydrogens is 253 g/mol. The van der Waals surface area contributed by atoms with Crippen LogP contribution in [0.4, 0.5) is 4.79 Å². The fraction of sp³-hybridized carbons (Fsp3) is 0.222. The topological polar surface area (TPSA) is 29.1 Å². The maximum Gasteiger partial charge on any atom is 0.313 e. The van der Waals surface area contributed by atoms with E-state index in [1.54, 1.807) is 0 Å². The van der Waals surface area contributed by atoms with Gasteiger partial charge in [-0.2, -0.15) is 0 Å². The summed E-state index contributed by atoms with van der Waals surface area (Å²) in [5.41, 5.74) is 1.17. The number of hydrogen-bond acceptors (Lipinski definition) is 1. The molecule has 1 amide bonds. The molecule has 13 heavy (non-hydrogen) atoms. The minimum absolute atomic E-state index is 0.503. The minimum Gasteiger partial charge on any atom is -0.342 e. The highest BCUT2D eigenvalue weighted by molar-refractivity contribution is 9.10. The molecule has 1 aromatic rings. The van der Waals surface area contributed by atoms with Crippen molar-refractivity contribution in [3.8, 4) is 0 Å². The molecule has 1 rings (SSSR count). The molecule has 0 saturated carbocycles. The number of carbonyl (C=O) groups is 1. The van der Waals surface area contributed by atoms with E-state index in [1.807, 2.05) is 24.3 Å². The number of amides is 1. The molecule has 1 N–H and O–H groups in total. The summed E-state index contributed by atoms with van der Waals surface area (Å²) < 4.78 is 1.05. The van der Waals surface area contributed by atoms with Crippen molar-refractivity contribution in [3.63, 3.8) is 0 Å². The van der Waals surface area contributed by atoms with Gasteiger partial charge in [-0.3, -0.25) is 4.79 Å². The van der Waals surface area contributed by atoms with Crippen LogP contribution in [-0.4, -0.2) is 11.9 Å². The second-order valence-corrected chi connectivity index (χ2v) is 3.84. The molecule has 0 fully saturated rings. The quantitative estimate of drug-likeness (QED) is 0.658. The fourth-order valence-corrected chi connectivity index (χ4v) is 1.32. The van der Waals surface area contributed by atoms with Crippen LogP contribution in [0, 0.1) is 0 Å². The summed E-state index contributed by atoms with van der Waals surface area (Å²) in [4.78, 5) is 10.3. The normalized spacial score (nSPS) is 9.69. The number of hydrogen-bond donors (Lipinski definition) is 1. The molecule has 0 atom stereocenters. The average Bonchev–Trinajstić information content (AvgIpc) is 2.08. The van der Waals surface area contributed by atoms with Gasteiger partial charge >= 0.3 is 5.37 Å². The van der Waals surface area contributed by atoms with Gasteiger partial charge in [0.1, 0.15) is 0 Å². The Bertz CT molecular complexity index is 286. The molecule has 0 heterocycles. The van der Waals surface area contributed by atoms with Gasteiger partial charge in [0, 0.05) is 11.0 Å². The third-order valence-corrected chi connectivity index (χ3v) is 2.25. The van der Waals surface area contributed by atoms with E-state index < -0.39 is 5.37 Å². The second-order valence-electron chi connectivity index (χ2n) is 2.58. The Hall–Kier alpha value is -0.540. The van der Waals surface area contributed by atoms with E-state index in [0.29, 0.717) is 6.54 Å². The lowest BCUT2D eigenvalue weighted by molar-refractivity contribution is 0.260.